The number of nitrogens with zero attached hydrogens (tertiary/aromatic N) is 4. The van der Waals surface area contributed by atoms with Crippen molar-refractivity contribution in [2.75, 3.05) is 30.4 Å². The first kappa shape index (κ1) is 20.2. The minimum Gasteiger partial charge on any atom is -0.485 e. The largest absolute Gasteiger partial charge is 0.485 e. The van der Waals surface area contributed by atoms with Gasteiger partial charge in [-0.25, -0.2) is 9.97 Å². The summed E-state index contributed by atoms with van der Waals surface area (Å²) in [5, 5.41) is 6.74. The van der Waals surface area contributed by atoms with E-state index in [-0.39, 0.29) is 12.0 Å². The van der Waals surface area contributed by atoms with Gasteiger partial charge in [-0.1, -0.05) is 29.3 Å². The molecule has 1 saturated heterocycles. The van der Waals surface area contributed by atoms with Crippen molar-refractivity contribution in [1.29, 1.82) is 0 Å². The van der Waals surface area contributed by atoms with Crippen molar-refractivity contribution in [2.24, 2.45) is 0 Å². The standard InChI is InChI=1S/C20H18Cl2N6O2/c1-23-18(29)12-3-2-4-14(7-12)26-19-24-11-25-20(27-19)28-9-15(10-28)30-17-6-5-13(21)8-16(17)22/h2-8,11,15H,9-10H2,1H3,(H,23,29)(H,24,25,26,27). The fourth-order valence-corrected chi connectivity index (χ4v) is 3.39. The van der Waals surface area contributed by atoms with E-state index < -0.39 is 0 Å². The van der Waals surface area contributed by atoms with Crippen LogP contribution in [-0.2, 0) is 0 Å². The molecule has 10 heteroatoms. The number of ether oxygens (including phenoxy) is 1. The summed E-state index contributed by atoms with van der Waals surface area (Å²) in [6, 6.07) is 12.2. The monoisotopic (exact) mass is 444 g/mol. The maximum Gasteiger partial charge on any atom is 0.251 e. The van der Waals surface area contributed by atoms with Crippen molar-refractivity contribution in [3.63, 3.8) is 0 Å². The van der Waals surface area contributed by atoms with Gasteiger partial charge in [0.05, 0.1) is 18.1 Å². The lowest BCUT2D eigenvalue weighted by molar-refractivity contribution is 0.0963. The number of amides is 1. The zero-order valence-corrected chi connectivity index (χ0v) is 17.5. The molecule has 0 bridgehead atoms. The fraction of sp³-hybridized carbons (Fsp3) is 0.200. The molecule has 1 fully saturated rings. The molecule has 2 heterocycles. The molecule has 2 aromatic carbocycles. The van der Waals surface area contributed by atoms with Crippen LogP contribution in [0.5, 0.6) is 5.75 Å². The van der Waals surface area contributed by atoms with Gasteiger partial charge in [0.2, 0.25) is 11.9 Å². The van der Waals surface area contributed by atoms with Crippen LogP contribution in [0.25, 0.3) is 0 Å². The number of rotatable bonds is 6. The zero-order chi connectivity index (χ0) is 21.1. The van der Waals surface area contributed by atoms with Crippen LogP contribution in [-0.4, -0.2) is 47.1 Å². The highest BCUT2D eigenvalue weighted by atomic mass is 35.5. The SMILES string of the molecule is CNC(=O)c1cccc(Nc2ncnc(N3CC(Oc4ccc(Cl)cc4Cl)C3)n2)c1. The lowest BCUT2D eigenvalue weighted by Gasteiger charge is -2.38. The summed E-state index contributed by atoms with van der Waals surface area (Å²) < 4.78 is 5.90. The molecular weight excluding hydrogens is 427 g/mol. The summed E-state index contributed by atoms with van der Waals surface area (Å²) in [6.07, 6.45) is 1.42. The second kappa shape index (κ2) is 8.73. The molecule has 0 spiro atoms. The fourth-order valence-electron chi connectivity index (χ4n) is 2.94. The Morgan fingerprint density at radius 1 is 1.17 bits per heavy atom. The van der Waals surface area contributed by atoms with Gasteiger partial charge < -0.3 is 20.3 Å². The van der Waals surface area contributed by atoms with Crippen molar-refractivity contribution >= 4 is 46.7 Å². The zero-order valence-electron chi connectivity index (χ0n) is 16.0. The topological polar surface area (TPSA) is 92.3 Å². The quantitative estimate of drug-likeness (QED) is 0.600. The first-order chi connectivity index (χ1) is 14.5. The van der Waals surface area contributed by atoms with Gasteiger partial charge in [0.1, 0.15) is 18.2 Å². The van der Waals surface area contributed by atoms with Crippen LogP contribution < -0.4 is 20.3 Å². The minimum absolute atomic E-state index is 0.0268. The number of carbonyl (C=O) groups is 1. The lowest BCUT2D eigenvalue weighted by atomic mass is 10.2. The molecule has 1 aliphatic rings. The molecule has 0 aliphatic carbocycles. The van der Waals surface area contributed by atoms with Crippen LogP contribution in [0.3, 0.4) is 0 Å². The highest BCUT2D eigenvalue weighted by Crippen LogP contribution is 2.30. The van der Waals surface area contributed by atoms with Crippen molar-refractivity contribution in [3.8, 4) is 5.75 Å². The van der Waals surface area contributed by atoms with Gasteiger partial charge in [0.25, 0.3) is 5.91 Å². The molecule has 2 N–H and O–H groups in total. The van der Waals surface area contributed by atoms with E-state index in [0.717, 1.165) is 0 Å². The number of halogens is 2. The maximum atomic E-state index is 11.8. The first-order valence-corrected chi connectivity index (χ1v) is 9.92. The molecule has 3 aromatic rings. The number of carbonyl (C=O) groups excluding carboxylic acids is 1. The number of benzene rings is 2. The third kappa shape index (κ3) is 4.55. The van der Waals surface area contributed by atoms with Gasteiger partial charge in [0.15, 0.2) is 0 Å². The molecule has 1 amide bonds. The molecule has 4 rings (SSSR count). The summed E-state index contributed by atoms with van der Waals surface area (Å²) in [7, 11) is 1.59. The van der Waals surface area contributed by atoms with Crippen molar-refractivity contribution in [2.45, 2.75) is 6.10 Å². The number of nitrogens with one attached hydrogen (secondary N) is 2. The lowest BCUT2D eigenvalue weighted by Crippen LogP contribution is -2.54. The molecule has 154 valence electrons. The van der Waals surface area contributed by atoms with Crippen LogP contribution in [0.1, 0.15) is 10.4 Å². The summed E-state index contributed by atoms with van der Waals surface area (Å²) in [6.45, 7) is 1.24. The summed E-state index contributed by atoms with van der Waals surface area (Å²) in [4.78, 5) is 26.6. The smallest absolute Gasteiger partial charge is 0.251 e. The Labute approximate surface area is 183 Å². The van der Waals surface area contributed by atoms with E-state index in [0.29, 0.717) is 52.0 Å². The van der Waals surface area contributed by atoms with E-state index in [1.807, 2.05) is 11.0 Å². The maximum absolute atomic E-state index is 11.8. The Kier molecular flexibility index (Phi) is 5.87. The minimum atomic E-state index is -0.164. The Hall–Kier alpha value is -3.10. The number of anilines is 3. The molecule has 1 aliphatic heterocycles. The van der Waals surface area contributed by atoms with Crippen LogP contribution in [0.2, 0.25) is 10.0 Å². The molecule has 8 nitrogen and oxygen atoms in total. The van der Waals surface area contributed by atoms with E-state index in [1.165, 1.54) is 6.33 Å². The summed E-state index contributed by atoms with van der Waals surface area (Å²) in [5.74, 6) is 1.36. The van der Waals surface area contributed by atoms with Crippen LogP contribution in [0.15, 0.2) is 48.8 Å². The number of aromatic nitrogens is 3. The predicted molar refractivity (Wildman–Crippen MR) is 116 cm³/mol. The van der Waals surface area contributed by atoms with Crippen LogP contribution in [0, 0.1) is 0 Å². The first-order valence-electron chi connectivity index (χ1n) is 9.16. The molecule has 0 atom stereocenters. The van der Waals surface area contributed by atoms with E-state index >= 15 is 0 Å². The highest BCUT2D eigenvalue weighted by molar-refractivity contribution is 6.35. The molecule has 0 unspecified atom stereocenters. The molecule has 1 aromatic heterocycles. The third-order valence-electron chi connectivity index (χ3n) is 4.49. The van der Waals surface area contributed by atoms with Gasteiger partial charge in [-0.2, -0.15) is 4.98 Å². The second-order valence-corrected chi connectivity index (χ2v) is 7.46. The third-order valence-corrected chi connectivity index (χ3v) is 5.02. The predicted octanol–water partition coefficient (Wildman–Crippen LogP) is 3.55. The van der Waals surface area contributed by atoms with E-state index in [9.17, 15) is 4.79 Å². The molecule has 30 heavy (non-hydrogen) atoms. The number of hydrogen-bond donors (Lipinski definition) is 2. The van der Waals surface area contributed by atoms with Crippen LogP contribution >= 0.6 is 23.2 Å². The van der Waals surface area contributed by atoms with E-state index in [1.54, 1.807) is 43.4 Å². The van der Waals surface area contributed by atoms with Gasteiger partial charge in [-0.15, -0.1) is 0 Å². The summed E-state index contributed by atoms with van der Waals surface area (Å²) >= 11 is 12.1. The summed E-state index contributed by atoms with van der Waals surface area (Å²) in [5.41, 5.74) is 1.25. The molecule has 0 saturated carbocycles. The Morgan fingerprint density at radius 3 is 2.77 bits per heavy atom. The van der Waals surface area contributed by atoms with Gasteiger partial charge in [0, 0.05) is 23.3 Å². The Balaban J connectivity index is 1.38. The van der Waals surface area contributed by atoms with Gasteiger partial charge in [-0.05, 0) is 36.4 Å². The van der Waals surface area contributed by atoms with Gasteiger partial charge in [-0.3, -0.25) is 4.79 Å². The molecule has 0 radical (unpaired) electrons. The number of hydrogen-bond acceptors (Lipinski definition) is 7. The molecular formula is C20H18Cl2N6O2. The van der Waals surface area contributed by atoms with Crippen molar-refractivity contribution in [1.82, 2.24) is 20.3 Å². The highest BCUT2D eigenvalue weighted by Gasteiger charge is 2.31. The van der Waals surface area contributed by atoms with Gasteiger partial charge >= 0.3 is 0 Å². The van der Waals surface area contributed by atoms with Crippen molar-refractivity contribution < 1.29 is 9.53 Å². The average molecular weight is 445 g/mol. The average Bonchev–Trinajstić information content (AvgIpc) is 2.71. The second-order valence-electron chi connectivity index (χ2n) is 6.61. The van der Waals surface area contributed by atoms with Crippen molar-refractivity contribution in [3.05, 3.63) is 64.4 Å². The van der Waals surface area contributed by atoms with E-state index in [4.69, 9.17) is 27.9 Å². The van der Waals surface area contributed by atoms with Crippen LogP contribution in [0.4, 0.5) is 17.6 Å². The normalized spacial score (nSPS) is 13.5. The Morgan fingerprint density at radius 2 is 2.00 bits per heavy atom. The van der Waals surface area contributed by atoms with E-state index in [2.05, 4.69) is 25.6 Å². The Bertz CT molecular complexity index is 1070.